The maximum atomic E-state index is 5.41. The largest absolute Gasteiger partial charge is 0.478 e. The minimum Gasteiger partial charge on any atom is -0.478 e. The van der Waals surface area contributed by atoms with Crippen molar-refractivity contribution in [2.24, 2.45) is 4.99 Å². The molecular formula is C9H17NO3. The molecule has 0 saturated carbocycles. The van der Waals surface area contributed by atoms with Gasteiger partial charge < -0.3 is 14.2 Å². The fourth-order valence-corrected chi connectivity index (χ4v) is 1.45. The zero-order chi connectivity index (χ0) is 9.73. The van der Waals surface area contributed by atoms with Crippen molar-refractivity contribution in [2.75, 3.05) is 34.0 Å². The second-order valence-corrected chi connectivity index (χ2v) is 3.24. The Morgan fingerprint density at radius 3 is 2.38 bits per heavy atom. The van der Waals surface area contributed by atoms with E-state index in [0.29, 0.717) is 19.8 Å². The Balaban J connectivity index is 2.63. The van der Waals surface area contributed by atoms with E-state index in [4.69, 9.17) is 14.2 Å². The molecule has 0 unspecified atom stereocenters. The number of hydrogen-bond acceptors (Lipinski definition) is 4. The quantitative estimate of drug-likeness (QED) is 0.640. The van der Waals surface area contributed by atoms with Crippen LogP contribution in [-0.4, -0.2) is 45.5 Å². The molecule has 0 aromatic carbocycles. The summed E-state index contributed by atoms with van der Waals surface area (Å²) in [5, 5.41) is 0. The van der Waals surface area contributed by atoms with Gasteiger partial charge >= 0.3 is 0 Å². The normalized spacial score (nSPS) is 19.8. The topological polar surface area (TPSA) is 40.0 Å². The van der Waals surface area contributed by atoms with Crippen molar-refractivity contribution < 1.29 is 14.2 Å². The third-order valence-electron chi connectivity index (χ3n) is 2.00. The lowest BCUT2D eigenvalue weighted by Gasteiger charge is -2.21. The van der Waals surface area contributed by atoms with Gasteiger partial charge in [0.15, 0.2) is 5.90 Å². The van der Waals surface area contributed by atoms with Gasteiger partial charge in [-0.15, -0.1) is 0 Å². The smallest absolute Gasteiger partial charge is 0.183 e. The van der Waals surface area contributed by atoms with E-state index in [-0.39, 0.29) is 5.54 Å². The van der Waals surface area contributed by atoms with Crippen LogP contribution in [0.25, 0.3) is 0 Å². The monoisotopic (exact) mass is 187 g/mol. The maximum Gasteiger partial charge on any atom is 0.183 e. The summed E-state index contributed by atoms with van der Waals surface area (Å²) in [6.45, 7) is 3.68. The Hall–Kier alpha value is -0.610. The van der Waals surface area contributed by atoms with Gasteiger partial charge in [0.25, 0.3) is 0 Å². The van der Waals surface area contributed by atoms with Crippen LogP contribution in [0.5, 0.6) is 0 Å². The van der Waals surface area contributed by atoms with Crippen molar-refractivity contribution in [3.8, 4) is 0 Å². The van der Waals surface area contributed by atoms with Gasteiger partial charge in [-0.3, -0.25) is 0 Å². The number of aliphatic imine (C=N–C) groups is 1. The number of methoxy groups -OCH3 is 2. The van der Waals surface area contributed by atoms with Crippen molar-refractivity contribution in [1.29, 1.82) is 0 Å². The van der Waals surface area contributed by atoms with Gasteiger partial charge in [0.05, 0.1) is 13.2 Å². The van der Waals surface area contributed by atoms with E-state index >= 15 is 0 Å². The molecule has 1 aliphatic rings. The van der Waals surface area contributed by atoms with Crippen LogP contribution in [0.4, 0.5) is 0 Å². The molecule has 76 valence electrons. The average molecular weight is 187 g/mol. The molecule has 0 N–H and O–H groups in total. The van der Waals surface area contributed by atoms with E-state index in [1.807, 2.05) is 6.92 Å². The third kappa shape index (κ3) is 2.42. The van der Waals surface area contributed by atoms with Crippen molar-refractivity contribution in [2.45, 2.75) is 18.9 Å². The summed E-state index contributed by atoms with van der Waals surface area (Å²) >= 11 is 0. The summed E-state index contributed by atoms with van der Waals surface area (Å²) < 4.78 is 15.6. The number of nitrogens with zero attached hydrogens (tertiary/aromatic N) is 1. The lowest BCUT2D eigenvalue weighted by Crippen LogP contribution is -2.38. The van der Waals surface area contributed by atoms with Crippen LogP contribution in [0.1, 0.15) is 13.3 Å². The molecule has 0 bridgehead atoms. The van der Waals surface area contributed by atoms with E-state index in [1.54, 1.807) is 14.2 Å². The molecule has 0 saturated heterocycles. The summed E-state index contributed by atoms with van der Waals surface area (Å²) in [5.41, 5.74) is -0.311. The first-order chi connectivity index (χ1) is 6.26. The molecule has 13 heavy (non-hydrogen) atoms. The molecule has 1 aliphatic heterocycles. The molecule has 0 aromatic heterocycles. The Kier molecular flexibility index (Phi) is 3.69. The first-order valence-electron chi connectivity index (χ1n) is 4.46. The van der Waals surface area contributed by atoms with E-state index in [9.17, 15) is 0 Å². The predicted molar refractivity (Wildman–Crippen MR) is 50.2 cm³/mol. The SMILES string of the molecule is CCC1=NC(COC)(COC)CO1. The highest BCUT2D eigenvalue weighted by atomic mass is 16.5. The summed E-state index contributed by atoms with van der Waals surface area (Å²) in [5.74, 6) is 0.800. The van der Waals surface area contributed by atoms with Crippen molar-refractivity contribution in [1.82, 2.24) is 0 Å². The molecule has 0 aliphatic carbocycles. The molecule has 0 atom stereocenters. The van der Waals surface area contributed by atoms with Crippen LogP contribution in [0, 0.1) is 0 Å². The highest BCUT2D eigenvalue weighted by Gasteiger charge is 2.36. The van der Waals surface area contributed by atoms with Crippen LogP contribution in [-0.2, 0) is 14.2 Å². The summed E-state index contributed by atoms with van der Waals surface area (Å²) in [6.07, 6.45) is 0.829. The number of rotatable bonds is 5. The van der Waals surface area contributed by atoms with Gasteiger partial charge in [0.1, 0.15) is 12.1 Å². The molecule has 4 nitrogen and oxygen atoms in total. The standard InChI is InChI=1S/C9H17NO3/c1-4-8-10-9(5-11-2,6-12-3)7-13-8/h4-7H2,1-3H3. The minimum absolute atomic E-state index is 0.311. The highest BCUT2D eigenvalue weighted by molar-refractivity contribution is 5.77. The van der Waals surface area contributed by atoms with Crippen LogP contribution >= 0.6 is 0 Å². The van der Waals surface area contributed by atoms with Gasteiger partial charge in [0.2, 0.25) is 0 Å². The van der Waals surface area contributed by atoms with E-state index < -0.39 is 0 Å². The molecule has 4 heteroatoms. The molecule has 0 spiro atoms. The van der Waals surface area contributed by atoms with Crippen LogP contribution < -0.4 is 0 Å². The Morgan fingerprint density at radius 2 is 2.00 bits per heavy atom. The van der Waals surface area contributed by atoms with Gasteiger partial charge in [0, 0.05) is 20.6 Å². The van der Waals surface area contributed by atoms with Crippen LogP contribution in [0.15, 0.2) is 4.99 Å². The van der Waals surface area contributed by atoms with E-state index in [0.717, 1.165) is 12.3 Å². The fourth-order valence-electron chi connectivity index (χ4n) is 1.45. The summed E-state index contributed by atoms with van der Waals surface area (Å²) in [6, 6.07) is 0. The van der Waals surface area contributed by atoms with Crippen molar-refractivity contribution in [3.05, 3.63) is 0 Å². The Morgan fingerprint density at radius 1 is 1.38 bits per heavy atom. The lowest BCUT2D eigenvalue weighted by molar-refractivity contribution is 0.0498. The predicted octanol–water partition coefficient (Wildman–Crippen LogP) is 0.857. The third-order valence-corrected chi connectivity index (χ3v) is 2.00. The molecular weight excluding hydrogens is 170 g/mol. The maximum absolute atomic E-state index is 5.41. The summed E-state index contributed by atoms with van der Waals surface area (Å²) in [7, 11) is 3.33. The lowest BCUT2D eigenvalue weighted by atomic mass is 10.1. The van der Waals surface area contributed by atoms with E-state index in [1.165, 1.54) is 0 Å². The van der Waals surface area contributed by atoms with Gasteiger partial charge in [-0.2, -0.15) is 0 Å². The molecule has 1 rings (SSSR count). The van der Waals surface area contributed by atoms with E-state index in [2.05, 4.69) is 4.99 Å². The summed E-state index contributed by atoms with van der Waals surface area (Å²) in [4.78, 5) is 4.46. The Bertz CT molecular complexity index is 185. The van der Waals surface area contributed by atoms with Crippen molar-refractivity contribution in [3.63, 3.8) is 0 Å². The highest BCUT2D eigenvalue weighted by Crippen LogP contribution is 2.20. The zero-order valence-electron chi connectivity index (χ0n) is 8.50. The molecule has 0 radical (unpaired) electrons. The van der Waals surface area contributed by atoms with Gasteiger partial charge in [-0.1, -0.05) is 6.92 Å². The Labute approximate surface area is 78.9 Å². The zero-order valence-corrected chi connectivity index (χ0v) is 8.50. The minimum atomic E-state index is -0.311. The molecule has 0 fully saturated rings. The van der Waals surface area contributed by atoms with Crippen LogP contribution in [0.2, 0.25) is 0 Å². The molecule has 0 amide bonds. The second-order valence-electron chi connectivity index (χ2n) is 3.24. The molecule has 1 heterocycles. The fraction of sp³-hybridized carbons (Fsp3) is 0.889. The van der Waals surface area contributed by atoms with Crippen LogP contribution in [0.3, 0.4) is 0 Å². The first kappa shape index (κ1) is 10.5. The van der Waals surface area contributed by atoms with Gasteiger partial charge in [-0.05, 0) is 0 Å². The number of ether oxygens (including phenoxy) is 3. The molecule has 0 aromatic rings. The number of hydrogen-bond donors (Lipinski definition) is 0. The van der Waals surface area contributed by atoms with Gasteiger partial charge in [-0.25, -0.2) is 4.99 Å². The second kappa shape index (κ2) is 4.58. The van der Waals surface area contributed by atoms with Crippen molar-refractivity contribution >= 4 is 5.90 Å². The average Bonchev–Trinajstić information content (AvgIpc) is 2.50. The first-order valence-corrected chi connectivity index (χ1v) is 4.46.